The van der Waals surface area contributed by atoms with Gasteiger partial charge < -0.3 is 15.7 Å². The summed E-state index contributed by atoms with van der Waals surface area (Å²) in [5.74, 6) is -3.19. The molecule has 11 nitrogen and oxygen atoms in total. The van der Waals surface area contributed by atoms with Crippen LogP contribution in [0.2, 0.25) is 0 Å². The molecule has 1 fully saturated rings. The quantitative estimate of drug-likeness (QED) is 0.426. The number of benzene rings is 1. The molecule has 28 heavy (non-hydrogen) atoms. The molecule has 0 bridgehead atoms. The third kappa shape index (κ3) is 3.87. The van der Waals surface area contributed by atoms with Crippen LogP contribution in [-0.4, -0.2) is 40.9 Å². The summed E-state index contributed by atoms with van der Waals surface area (Å²) < 4.78 is 0. The van der Waals surface area contributed by atoms with E-state index in [-0.39, 0.29) is 17.0 Å². The molecule has 1 aromatic rings. The fourth-order valence-electron chi connectivity index (χ4n) is 2.75. The molecule has 0 aromatic heterocycles. The molecular weight excluding hydrogens is 370 g/mol. The van der Waals surface area contributed by atoms with Crippen molar-refractivity contribution in [2.24, 2.45) is 11.0 Å². The van der Waals surface area contributed by atoms with Gasteiger partial charge in [0.1, 0.15) is 5.71 Å². The Hall–Kier alpha value is -4.02. The fraction of sp³-hybridized carbons (Fsp3) is 0.176. The number of amides is 3. The second-order valence-electron chi connectivity index (χ2n) is 5.94. The van der Waals surface area contributed by atoms with Crippen LogP contribution in [0.1, 0.15) is 10.4 Å². The highest BCUT2D eigenvalue weighted by Crippen LogP contribution is 2.24. The van der Waals surface area contributed by atoms with E-state index in [1.807, 2.05) is 0 Å². The molecule has 2 unspecified atom stereocenters. The number of hydrazone groups is 1. The van der Waals surface area contributed by atoms with Crippen molar-refractivity contribution >= 4 is 23.4 Å². The maximum Gasteiger partial charge on any atom is 0.268 e. The summed E-state index contributed by atoms with van der Waals surface area (Å²) in [4.78, 5) is 46.1. The van der Waals surface area contributed by atoms with Gasteiger partial charge in [0.25, 0.3) is 23.4 Å². The number of hydrogen-bond acceptors (Lipinski definition) is 7. The highest BCUT2D eigenvalue weighted by Gasteiger charge is 2.40. The van der Waals surface area contributed by atoms with E-state index in [2.05, 4.69) is 21.2 Å². The molecule has 0 spiro atoms. The van der Waals surface area contributed by atoms with Crippen LogP contribution in [0.5, 0.6) is 5.75 Å². The number of fused-ring (bicyclic) bond motifs is 1. The van der Waals surface area contributed by atoms with E-state index >= 15 is 0 Å². The van der Waals surface area contributed by atoms with Crippen molar-refractivity contribution in [1.29, 1.82) is 0 Å². The van der Waals surface area contributed by atoms with E-state index < -0.39 is 46.9 Å². The third-order valence-electron chi connectivity index (χ3n) is 4.11. The first-order valence-electron chi connectivity index (χ1n) is 8.12. The van der Waals surface area contributed by atoms with Crippen molar-refractivity contribution in [2.75, 3.05) is 6.54 Å². The SMILES string of the molecule is O=C(CNC(=O)c1ccccc1[O-])N/N=C1/C(=O)NC2C=CC([N+](=O)[O-])=CC12. The van der Waals surface area contributed by atoms with Crippen LogP contribution in [0, 0.1) is 16.0 Å². The van der Waals surface area contributed by atoms with Gasteiger partial charge in [0, 0.05) is 17.7 Å². The van der Waals surface area contributed by atoms with E-state index in [0.717, 1.165) is 0 Å². The monoisotopic (exact) mass is 384 g/mol. The van der Waals surface area contributed by atoms with Crippen LogP contribution in [-0.2, 0) is 9.59 Å². The molecule has 3 rings (SSSR count). The Bertz CT molecular complexity index is 951. The van der Waals surface area contributed by atoms with Crippen LogP contribution in [0.15, 0.2) is 53.3 Å². The lowest BCUT2D eigenvalue weighted by Gasteiger charge is -2.14. The Morgan fingerprint density at radius 3 is 2.75 bits per heavy atom. The third-order valence-corrected chi connectivity index (χ3v) is 4.11. The molecule has 1 aromatic carbocycles. The predicted octanol–water partition coefficient (Wildman–Crippen LogP) is -1.19. The van der Waals surface area contributed by atoms with Gasteiger partial charge in [0.15, 0.2) is 0 Å². The van der Waals surface area contributed by atoms with Crippen LogP contribution in [0.3, 0.4) is 0 Å². The zero-order valence-corrected chi connectivity index (χ0v) is 14.2. The molecule has 0 saturated carbocycles. The predicted molar refractivity (Wildman–Crippen MR) is 93.4 cm³/mol. The molecule has 3 N–H and O–H groups in total. The maximum absolute atomic E-state index is 12.0. The van der Waals surface area contributed by atoms with Gasteiger partial charge in [-0.1, -0.05) is 36.1 Å². The van der Waals surface area contributed by atoms with Crippen LogP contribution < -0.4 is 21.2 Å². The summed E-state index contributed by atoms with van der Waals surface area (Å²) in [6.45, 7) is -0.477. The molecule has 11 heteroatoms. The van der Waals surface area contributed by atoms with E-state index in [0.29, 0.717) is 0 Å². The zero-order chi connectivity index (χ0) is 20.3. The summed E-state index contributed by atoms with van der Waals surface area (Å²) in [7, 11) is 0. The number of nitrogens with one attached hydrogen (secondary N) is 3. The van der Waals surface area contributed by atoms with Gasteiger partial charge in [-0.3, -0.25) is 24.5 Å². The van der Waals surface area contributed by atoms with Crippen LogP contribution in [0.4, 0.5) is 0 Å². The number of carbonyl (C=O) groups is 3. The van der Waals surface area contributed by atoms with Crippen molar-refractivity contribution < 1.29 is 24.4 Å². The van der Waals surface area contributed by atoms with Gasteiger partial charge in [-0.05, 0) is 0 Å². The topological polar surface area (TPSA) is 166 Å². The van der Waals surface area contributed by atoms with Crippen molar-refractivity contribution in [1.82, 2.24) is 16.1 Å². The smallest absolute Gasteiger partial charge is 0.268 e. The average Bonchev–Trinajstić information content (AvgIpc) is 2.99. The standard InChI is InChI=1S/C17H15N5O6/c23-13-4-2-1-3-10(13)16(25)18-8-14(24)20-21-15-11-7-9(22(27)28)5-6-12(11)19-17(15)26/h1-7,11-12,23H,8H2,(H,18,25)(H,19,26)(H,20,24)/p-1/b21-15+. The molecule has 2 atom stereocenters. The lowest BCUT2D eigenvalue weighted by Crippen LogP contribution is -2.36. The first-order chi connectivity index (χ1) is 13.4. The molecule has 0 radical (unpaired) electrons. The Morgan fingerprint density at radius 1 is 1.29 bits per heavy atom. The number of hydrogen-bond donors (Lipinski definition) is 3. The van der Waals surface area contributed by atoms with Crippen molar-refractivity contribution in [3.63, 3.8) is 0 Å². The number of carbonyl (C=O) groups excluding carboxylic acids is 3. The lowest BCUT2D eigenvalue weighted by atomic mass is 9.93. The van der Waals surface area contributed by atoms with Crippen molar-refractivity contribution in [2.45, 2.75) is 6.04 Å². The number of rotatable bonds is 5. The molecule has 3 amide bonds. The summed E-state index contributed by atoms with van der Waals surface area (Å²) in [6.07, 6.45) is 4.04. The lowest BCUT2D eigenvalue weighted by molar-refractivity contribution is -0.419. The highest BCUT2D eigenvalue weighted by molar-refractivity contribution is 6.42. The van der Waals surface area contributed by atoms with E-state index in [4.69, 9.17) is 0 Å². The van der Waals surface area contributed by atoms with Gasteiger partial charge in [-0.15, -0.1) is 0 Å². The van der Waals surface area contributed by atoms with Gasteiger partial charge in [0.2, 0.25) is 0 Å². The van der Waals surface area contributed by atoms with Crippen LogP contribution in [0.25, 0.3) is 0 Å². The fourth-order valence-corrected chi connectivity index (χ4v) is 2.75. The second-order valence-corrected chi connectivity index (χ2v) is 5.94. The first kappa shape index (κ1) is 18.8. The van der Waals surface area contributed by atoms with E-state index in [1.165, 1.54) is 42.5 Å². The number of nitro groups is 1. The molecule has 2 aliphatic rings. The summed E-state index contributed by atoms with van der Waals surface area (Å²) in [6, 6.07) is 5.07. The summed E-state index contributed by atoms with van der Waals surface area (Å²) in [5.41, 5.74) is 1.76. The van der Waals surface area contributed by atoms with Crippen molar-refractivity contribution in [3.05, 3.63) is 63.9 Å². The number of allylic oxidation sites excluding steroid dienone is 1. The normalized spacial score (nSPS) is 21.5. The Kier molecular flexibility index (Phi) is 5.16. The molecule has 1 heterocycles. The zero-order valence-electron chi connectivity index (χ0n) is 14.2. The number of nitrogens with zero attached hydrogens (tertiary/aromatic N) is 2. The Labute approximate surface area is 158 Å². The van der Waals surface area contributed by atoms with E-state index in [9.17, 15) is 29.6 Å². The van der Waals surface area contributed by atoms with Gasteiger partial charge in [-0.25, -0.2) is 5.43 Å². The Morgan fingerprint density at radius 2 is 2.04 bits per heavy atom. The minimum Gasteiger partial charge on any atom is -0.872 e. The first-order valence-corrected chi connectivity index (χ1v) is 8.12. The molecule has 144 valence electrons. The highest BCUT2D eigenvalue weighted by atomic mass is 16.6. The summed E-state index contributed by atoms with van der Waals surface area (Å²) >= 11 is 0. The average molecular weight is 384 g/mol. The molecule has 1 aliphatic heterocycles. The van der Waals surface area contributed by atoms with Gasteiger partial charge in [0.05, 0.1) is 23.4 Å². The molecule has 1 saturated heterocycles. The summed E-state index contributed by atoms with van der Waals surface area (Å²) in [5, 5.41) is 31.1. The maximum atomic E-state index is 12.0. The minimum atomic E-state index is -0.731. The van der Waals surface area contributed by atoms with Gasteiger partial charge >= 0.3 is 0 Å². The largest absolute Gasteiger partial charge is 0.872 e. The van der Waals surface area contributed by atoms with E-state index in [1.54, 1.807) is 0 Å². The minimum absolute atomic E-state index is 0.0849. The van der Waals surface area contributed by atoms with Crippen molar-refractivity contribution in [3.8, 4) is 5.75 Å². The second kappa shape index (κ2) is 7.70. The molecular formula is C17H14N5O6-. The molecule has 1 aliphatic carbocycles. The Balaban J connectivity index is 1.61. The number of para-hydroxylation sites is 1. The van der Waals surface area contributed by atoms with Crippen LogP contribution >= 0.6 is 0 Å². The van der Waals surface area contributed by atoms with Gasteiger partial charge in [-0.2, -0.15) is 5.10 Å².